The van der Waals surface area contributed by atoms with E-state index in [0.29, 0.717) is 18.5 Å². The average molecular weight is 521 g/mol. The molecule has 206 valence electrons. The van der Waals surface area contributed by atoms with E-state index >= 15 is 0 Å². The Hall–Kier alpha value is -3.74. The molecule has 2 N–H and O–H groups in total. The molecule has 7 nitrogen and oxygen atoms in total. The number of amides is 3. The van der Waals surface area contributed by atoms with Gasteiger partial charge in [0.1, 0.15) is 0 Å². The van der Waals surface area contributed by atoms with E-state index in [2.05, 4.69) is 83.3 Å². The minimum absolute atomic E-state index is 0.00292. The van der Waals surface area contributed by atoms with Crippen LogP contribution in [0.15, 0.2) is 85.3 Å². The summed E-state index contributed by atoms with van der Waals surface area (Å²) >= 11 is 0. The highest BCUT2D eigenvalue weighted by Gasteiger charge is 2.12. The molecular formula is C31H44N4O3. The van der Waals surface area contributed by atoms with E-state index in [4.69, 9.17) is 0 Å². The van der Waals surface area contributed by atoms with E-state index in [1.807, 2.05) is 0 Å². The van der Waals surface area contributed by atoms with Crippen molar-refractivity contribution in [3.63, 3.8) is 0 Å². The van der Waals surface area contributed by atoms with Gasteiger partial charge in [-0.25, -0.2) is 0 Å². The maximum atomic E-state index is 12.2. The molecule has 7 heteroatoms. The van der Waals surface area contributed by atoms with E-state index in [1.165, 1.54) is 11.1 Å². The van der Waals surface area contributed by atoms with Crippen LogP contribution < -0.4 is 10.6 Å². The van der Waals surface area contributed by atoms with Gasteiger partial charge in [-0.3, -0.25) is 19.4 Å². The van der Waals surface area contributed by atoms with Gasteiger partial charge in [0.25, 0.3) is 5.91 Å². The zero-order valence-corrected chi connectivity index (χ0v) is 23.0. The van der Waals surface area contributed by atoms with Crippen molar-refractivity contribution in [3.05, 3.63) is 90.9 Å². The molecule has 0 atom stereocenters. The molecule has 0 fully saturated rings. The van der Waals surface area contributed by atoms with Crippen LogP contribution in [0.2, 0.25) is 0 Å². The van der Waals surface area contributed by atoms with Gasteiger partial charge in [0.15, 0.2) is 0 Å². The Balaban J connectivity index is 2.04. The summed E-state index contributed by atoms with van der Waals surface area (Å²) in [5.41, 5.74) is 0.466. The molecule has 1 aromatic heterocycles. The molecule has 1 heterocycles. The summed E-state index contributed by atoms with van der Waals surface area (Å²) in [6, 6.07) is 3.36. The Morgan fingerprint density at radius 2 is 1.42 bits per heavy atom. The van der Waals surface area contributed by atoms with Gasteiger partial charge in [0.05, 0.1) is 12.1 Å². The minimum Gasteiger partial charge on any atom is -0.353 e. The lowest BCUT2D eigenvalue weighted by atomic mass is 10.2. The Morgan fingerprint density at radius 3 is 2.00 bits per heavy atom. The van der Waals surface area contributed by atoms with Crippen molar-refractivity contribution < 1.29 is 14.4 Å². The van der Waals surface area contributed by atoms with Gasteiger partial charge in [-0.05, 0) is 57.1 Å². The van der Waals surface area contributed by atoms with Crippen LogP contribution in [0.5, 0.6) is 0 Å². The van der Waals surface area contributed by atoms with Crippen LogP contribution in [0, 0.1) is 0 Å². The summed E-state index contributed by atoms with van der Waals surface area (Å²) in [6.07, 6.45) is 31.6. The smallest absolute Gasteiger partial charge is 0.252 e. The monoisotopic (exact) mass is 520 g/mol. The van der Waals surface area contributed by atoms with Gasteiger partial charge in [-0.15, -0.1) is 0 Å². The third-order valence-electron chi connectivity index (χ3n) is 5.38. The van der Waals surface area contributed by atoms with Gasteiger partial charge in [-0.1, -0.05) is 67.7 Å². The Morgan fingerprint density at radius 1 is 0.842 bits per heavy atom. The van der Waals surface area contributed by atoms with Crippen molar-refractivity contribution in [2.24, 2.45) is 0 Å². The van der Waals surface area contributed by atoms with E-state index < -0.39 is 0 Å². The fourth-order valence-electron chi connectivity index (χ4n) is 3.27. The van der Waals surface area contributed by atoms with Crippen molar-refractivity contribution in [1.82, 2.24) is 20.5 Å². The van der Waals surface area contributed by atoms with Crippen LogP contribution >= 0.6 is 0 Å². The molecule has 1 aromatic rings. The first-order chi connectivity index (χ1) is 18.5. The molecule has 0 aliphatic rings. The number of unbranched alkanes of at least 4 members (excludes halogenated alkanes) is 1. The molecule has 0 bridgehead atoms. The SMILES string of the molecule is CCC=CCC=CCC=CCC=CCC=CCCCC(=O)N(C)CC(=O)NCCNC(=O)c1cccnc1. The summed E-state index contributed by atoms with van der Waals surface area (Å²) < 4.78 is 0. The highest BCUT2D eigenvalue weighted by Crippen LogP contribution is 2.02. The van der Waals surface area contributed by atoms with E-state index in [0.717, 1.165) is 44.9 Å². The topological polar surface area (TPSA) is 91.4 Å². The number of nitrogens with one attached hydrogen (secondary N) is 2. The molecule has 0 saturated carbocycles. The second-order valence-electron chi connectivity index (χ2n) is 8.70. The lowest BCUT2D eigenvalue weighted by Gasteiger charge is -2.16. The first-order valence-corrected chi connectivity index (χ1v) is 13.5. The summed E-state index contributed by atoms with van der Waals surface area (Å²) in [4.78, 5) is 41.6. The van der Waals surface area contributed by atoms with Crippen molar-refractivity contribution in [2.75, 3.05) is 26.7 Å². The van der Waals surface area contributed by atoms with Crippen LogP contribution in [0.1, 0.15) is 68.6 Å². The second-order valence-corrected chi connectivity index (χ2v) is 8.70. The third-order valence-corrected chi connectivity index (χ3v) is 5.38. The first kappa shape index (κ1) is 32.3. The minimum atomic E-state index is -0.255. The lowest BCUT2D eigenvalue weighted by molar-refractivity contribution is -0.134. The summed E-state index contributed by atoms with van der Waals surface area (Å²) in [7, 11) is 1.63. The highest BCUT2D eigenvalue weighted by molar-refractivity contribution is 5.93. The second kappa shape index (κ2) is 22.5. The number of pyridine rings is 1. The number of carbonyl (C=O) groups excluding carboxylic acids is 3. The number of hydrogen-bond acceptors (Lipinski definition) is 4. The fraction of sp³-hybridized carbons (Fsp3) is 0.419. The predicted molar refractivity (Wildman–Crippen MR) is 156 cm³/mol. The molecule has 0 spiro atoms. The normalized spacial score (nSPS) is 11.8. The molecule has 3 amide bonds. The molecule has 0 aliphatic heterocycles. The lowest BCUT2D eigenvalue weighted by Crippen LogP contribution is -2.41. The quantitative estimate of drug-likeness (QED) is 0.191. The van der Waals surface area contributed by atoms with E-state index in [9.17, 15) is 14.4 Å². The third kappa shape index (κ3) is 17.7. The van der Waals surface area contributed by atoms with Crippen molar-refractivity contribution in [1.29, 1.82) is 0 Å². The fourth-order valence-corrected chi connectivity index (χ4v) is 3.27. The predicted octanol–water partition coefficient (Wildman–Crippen LogP) is 5.31. The van der Waals surface area contributed by atoms with Gasteiger partial charge < -0.3 is 15.5 Å². The molecule has 0 saturated heterocycles. The van der Waals surface area contributed by atoms with Crippen molar-refractivity contribution in [2.45, 2.75) is 58.3 Å². The molecule has 0 radical (unpaired) electrons. The first-order valence-electron chi connectivity index (χ1n) is 13.5. The Bertz CT molecular complexity index is 949. The zero-order chi connectivity index (χ0) is 27.7. The van der Waals surface area contributed by atoms with Crippen LogP contribution in [0.4, 0.5) is 0 Å². The number of allylic oxidation sites excluding steroid dienone is 10. The summed E-state index contributed by atoms with van der Waals surface area (Å²) in [5.74, 6) is -0.557. The van der Waals surface area contributed by atoms with Crippen molar-refractivity contribution in [3.8, 4) is 0 Å². The van der Waals surface area contributed by atoms with Crippen LogP contribution in [0.3, 0.4) is 0 Å². The molecule has 0 aliphatic carbocycles. The molecule has 0 unspecified atom stereocenters. The highest BCUT2D eigenvalue weighted by atomic mass is 16.2. The number of likely N-dealkylation sites (N-methyl/N-ethyl adjacent to an activating group) is 1. The average Bonchev–Trinajstić information content (AvgIpc) is 2.93. The molecule has 0 aromatic carbocycles. The Labute approximate surface area is 228 Å². The number of rotatable bonds is 19. The number of carbonyl (C=O) groups is 3. The van der Waals surface area contributed by atoms with Crippen LogP contribution in [-0.4, -0.2) is 54.3 Å². The van der Waals surface area contributed by atoms with Gasteiger partial charge in [0, 0.05) is 39.0 Å². The summed E-state index contributed by atoms with van der Waals surface area (Å²) in [6.45, 7) is 2.72. The Kier molecular flexibility index (Phi) is 19.1. The summed E-state index contributed by atoms with van der Waals surface area (Å²) in [5, 5.41) is 5.42. The maximum Gasteiger partial charge on any atom is 0.252 e. The number of hydrogen-bond donors (Lipinski definition) is 2. The standard InChI is InChI=1S/C31H44N4O3/c1-3-4-5-6-7-8-9-10-11-12-13-14-15-16-17-18-19-22-30(37)35(2)27-29(36)33-24-25-34-31(38)28-21-20-23-32-26-28/h4-5,7-8,10-11,13-14,16-17,20-21,23,26H,3,6,9,12,15,18-19,22,24-25,27H2,1-2H3,(H,33,36)(H,34,38). The molecular weight excluding hydrogens is 476 g/mol. The number of aromatic nitrogens is 1. The maximum absolute atomic E-state index is 12.2. The van der Waals surface area contributed by atoms with Crippen LogP contribution in [0.25, 0.3) is 0 Å². The van der Waals surface area contributed by atoms with Gasteiger partial charge in [0.2, 0.25) is 11.8 Å². The molecule has 38 heavy (non-hydrogen) atoms. The molecule has 1 rings (SSSR count). The van der Waals surface area contributed by atoms with Gasteiger partial charge >= 0.3 is 0 Å². The zero-order valence-electron chi connectivity index (χ0n) is 23.0. The van der Waals surface area contributed by atoms with E-state index in [1.54, 1.807) is 25.4 Å². The van der Waals surface area contributed by atoms with Gasteiger partial charge in [-0.2, -0.15) is 0 Å². The van der Waals surface area contributed by atoms with Crippen molar-refractivity contribution >= 4 is 17.7 Å². The largest absolute Gasteiger partial charge is 0.353 e. The number of nitrogens with zero attached hydrogens (tertiary/aromatic N) is 2. The van der Waals surface area contributed by atoms with E-state index in [-0.39, 0.29) is 30.8 Å². The van der Waals surface area contributed by atoms with Crippen LogP contribution in [-0.2, 0) is 9.59 Å².